The van der Waals surface area contributed by atoms with E-state index in [-0.39, 0.29) is 5.78 Å². The van der Waals surface area contributed by atoms with Gasteiger partial charge in [0.1, 0.15) is 11.4 Å². The first-order valence-electron chi connectivity index (χ1n) is 9.51. The van der Waals surface area contributed by atoms with Gasteiger partial charge in [-0.2, -0.15) is 0 Å². The zero-order valence-corrected chi connectivity index (χ0v) is 14.3. The lowest BCUT2D eigenvalue weighted by atomic mass is 9.94. The minimum absolute atomic E-state index is 0.0222. The van der Waals surface area contributed by atoms with E-state index in [1.54, 1.807) is 0 Å². The Morgan fingerprint density at radius 3 is 2.67 bits per heavy atom. The van der Waals surface area contributed by atoms with Gasteiger partial charge in [0.15, 0.2) is 5.78 Å². The van der Waals surface area contributed by atoms with Crippen molar-refractivity contribution in [3.63, 3.8) is 0 Å². The first kappa shape index (κ1) is 16.1. The van der Waals surface area contributed by atoms with Gasteiger partial charge < -0.3 is 9.84 Å². The van der Waals surface area contributed by atoms with Gasteiger partial charge in [-0.05, 0) is 56.8 Å². The van der Waals surface area contributed by atoms with Gasteiger partial charge in [-0.15, -0.1) is 0 Å². The first-order valence-corrected chi connectivity index (χ1v) is 9.51. The summed E-state index contributed by atoms with van der Waals surface area (Å²) in [5.74, 6) is 2.15. The highest BCUT2D eigenvalue weighted by atomic mass is 16.5. The molecule has 3 aliphatic carbocycles. The molecule has 4 heteroatoms. The fourth-order valence-corrected chi connectivity index (χ4v) is 3.68. The number of ketones is 1. The van der Waals surface area contributed by atoms with Crippen molar-refractivity contribution < 1.29 is 14.6 Å². The average Bonchev–Trinajstić information content (AvgIpc) is 3.50. The molecule has 0 aliphatic heterocycles. The summed E-state index contributed by atoms with van der Waals surface area (Å²) in [4.78, 5) is 16.9. The molecule has 0 unspecified atom stereocenters. The molecule has 1 N–H and O–H groups in total. The zero-order chi connectivity index (χ0) is 16.6. The summed E-state index contributed by atoms with van der Waals surface area (Å²) in [6.07, 6.45) is 11.5. The van der Waals surface area contributed by atoms with Crippen LogP contribution in [0.2, 0.25) is 0 Å². The Morgan fingerprint density at radius 1 is 1.25 bits per heavy atom. The van der Waals surface area contributed by atoms with Crippen molar-refractivity contribution in [1.82, 2.24) is 4.98 Å². The molecule has 0 aromatic carbocycles. The minimum atomic E-state index is -0.630. The number of aromatic nitrogens is 1. The molecule has 1 aromatic heterocycles. The number of aliphatic hydroxyl groups is 1. The highest BCUT2D eigenvalue weighted by Gasteiger charge is 2.32. The second-order valence-electron chi connectivity index (χ2n) is 7.99. The van der Waals surface area contributed by atoms with Crippen LogP contribution in [0.5, 0.6) is 5.75 Å². The summed E-state index contributed by atoms with van der Waals surface area (Å²) in [6, 6.07) is 1.84. The number of Topliss-reactive ketones (excluding diaryl/α,β-unsaturated/α-hetero) is 1. The van der Waals surface area contributed by atoms with Gasteiger partial charge in [0.05, 0.1) is 12.2 Å². The summed E-state index contributed by atoms with van der Waals surface area (Å²) in [5, 5.41) is 10.4. The van der Waals surface area contributed by atoms with Gasteiger partial charge in [-0.1, -0.05) is 12.8 Å². The topological polar surface area (TPSA) is 59.4 Å². The maximum Gasteiger partial charge on any atom is 0.181 e. The monoisotopic (exact) mass is 329 g/mol. The van der Waals surface area contributed by atoms with Crippen molar-refractivity contribution in [3.8, 4) is 5.75 Å². The predicted octanol–water partition coefficient (Wildman–Crippen LogP) is 4.02. The van der Waals surface area contributed by atoms with Crippen LogP contribution in [0, 0.1) is 5.92 Å². The minimum Gasteiger partial charge on any atom is -0.493 e. The molecule has 1 heterocycles. The Morgan fingerprint density at radius 2 is 2.00 bits per heavy atom. The number of hydrogen-bond donors (Lipinski definition) is 1. The molecule has 3 aliphatic rings. The Balaban J connectivity index is 1.43. The molecule has 1 aromatic rings. The van der Waals surface area contributed by atoms with E-state index in [2.05, 4.69) is 4.98 Å². The average molecular weight is 329 g/mol. The van der Waals surface area contributed by atoms with Crippen LogP contribution in [0.3, 0.4) is 0 Å². The lowest BCUT2D eigenvalue weighted by Crippen LogP contribution is -2.25. The number of carbonyl (C=O) groups is 1. The number of carbonyl (C=O) groups excluding carboxylic acids is 1. The summed E-state index contributed by atoms with van der Waals surface area (Å²) >= 11 is 0. The summed E-state index contributed by atoms with van der Waals surface area (Å²) in [5.41, 5.74) is 1.03. The first-order chi connectivity index (χ1) is 11.6. The van der Waals surface area contributed by atoms with E-state index >= 15 is 0 Å². The van der Waals surface area contributed by atoms with E-state index in [0.717, 1.165) is 38.0 Å². The van der Waals surface area contributed by atoms with E-state index in [9.17, 15) is 9.90 Å². The summed E-state index contributed by atoms with van der Waals surface area (Å²) in [7, 11) is 0. The van der Waals surface area contributed by atoms with Crippen molar-refractivity contribution in [2.45, 2.75) is 75.7 Å². The molecule has 3 saturated carbocycles. The highest BCUT2D eigenvalue weighted by Crippen LogP contribution is 2.44. The molecule has 0 radical (unpaired) electrons. The van der Waals surface area contributed by atoms with Crippen LogP contribution in [0.1, 0.15) is 86.2 Å². The Bertz CT molecular complexity index is 613. The molecule has 4 rings (SSSR count). The molecule has 0 bridgehead atoms. The van der Waals surface area contributed by atoms with Crippen LogP contribution in [-0.4, -0.2) is 28.1 Å². The molecule has 3 fully saturated rings. The van der Waals surface area contributed by atoms with Gasteiger partial charge in [-0.25, -0.2) is 0 Å². The van der Waals surface area contributed by atoms with Crippen LogP contribution < -0.4 is 4.74 Å². The Kier molecular flexibility index (Phi) is 4.33. The SMILES string of the molecule is O=C(CCC1(O)CCCC1)c1cc(OCC2CC2)c(C2CC2)cn1. The van der Waals surface area contributed by atoms with Crippen molar-refractivity contribution >= 4 is 5.78 Å². The fourth-order valence-electron chi connectivity index (χ4n) is 3.68. The number of hydrogen-bond acceptors (Lipinski definition) is 4. The van der Waals surface area contributed by atoms with E-state index < -0.39 is 5.60 Å². The largest absolute Gasteiger partial charge is 0.493 e. The lowest BCUT2D eigenvalue weighted by Gasteiger charge is -2.21. The standard InChI is InChI=1S/C20H27NO3/c22-18(7-10-20(23)8-1-2-9-20)17-11-19(24-13-14-3-4-14)16(12-21-17)15-5-6-15/h11-12,14-15,23H,1-10,13H2. The van der Waals surface area contributed by atoms with Crippen LogP contribution in [0.15, 0.2) is 12.3 Å². The summed E-state index contributed by atoms with van der Waals surface area (Å²) < 4.78 is 6.01. The normalized spacial score (nSPS) is 22.5. The van der Waals surface area contributed by atoms with Gasteiger partial charge in [0, 0.05) is 24.2 Å². The predicted molar refractivity (Wildman–Crippen MR) is 91.4 cm³/mol. The number of nitrogens with zero attached hydrogens (tertiary/aromatic N) is 1. The second kappa shape index (κ2) is 6.47. The van der Waals surface area contributed by atoms with E-state index in [1.165, 1.54) is 31.2 Å². The molecule has 4 nitrogen and oxygen atoms in total. The van der Waals surface area contributed by atoms with Crippen molar-refractivity contribution in [2.24, 2.45) is 5.92 Å². The summed E-state index contributed by atoms with van der Waals surface area (Å²) in [6.45, 7) is 0.761. The zero-order valence-electron chi connectivity index (χ0n) is 14.3. The van der Waals surface area contributed by atoms with Gasteiger partial charge in [-0.3, -0.25) is 9.78 Å². The smallest absolute Gasteiger partial charge is 0.181 e. The third-order valence-electron chi connectivity index (χ3n) is 5.72. The molecule has 130 valence electrons. The van der Waals surface area contributed by atoms with Crippen molar-refractivity contribution in [3.05, 3.63) is 23.5 Å². The molecule has 24 heavy (non-hydrogen) atoms. The second-order valence-corrected chi connectivity index (χ2v) is 7.99. The number of pyridine rings is 1. The lowest BCUT2D eigenvalue weighted by molar-refractivity contribution is 0.0357. The quantitative estimate of drug-likeness (QED) is 0.732. The highest BCUT2D eigenvalue weighted by molar-refractivity contribution is 5.94. The molecule has 0 saturated heterocycles. The Hall–Kier alpha value is -1.42. The molecule has 0 atom stereocenters. The van der Waals surface area contributed by atoms with Crippen molar-refractivity contribution in [2.75, 3.05) is 6.61 Å². The number of ether oxygens (including phenoxy) is 1. The van der Waals surface area contributed by atoms with Gasteiger partial charge in [0.2, 0.25) is 0 Å². The third-order valence-corrected chi connectivity index (χ3v) is 5.72. The van der Waals surface area contributed by atoms with Crippen LogP contribution >= 0.6 is 0 Å². The third kappa shape index (κ3) is 3.80. The molecular formula is C20H27NO3. The van der Waals surface area contributed by atoms with Crippen LogP contribution in [0.4, 0.5) is 0 Å². The van der Waals surface area contributed by atoms with E-state index in [1.807, 2.05) is 12.3 Å². The van der Waals surface area contributed by atoms with Crippen molar-refractivity contribution in [1.29, 1.82) is 0 Å². The van der Waals surface area contributed by atoms with E-state index in [0.29, 0.717) is 30.4 Å². The Labute approximate surface area is 143 Å². The molecule has 0 spiro atoms. The fraction of sp³-hybridized carbons (Fsp3) is 0.700. The molecule has 0 amide bonds. The number of rotatable bonds is 8. The maximum atomic E-state index is 12.5. The molecular weight excluding hydrogens is 302 g/mol. The van der Waals surface area contributed by atoms with Crippen LogP contribution in [-0.2, 0) is 0 Å². The van der Waals surface area contributed by atoms with Crippen LogP contribution in [0.25, 0.3) is 0 Å². The van der Waals surface area contributed by atoms with E-state index in [4.69, 9.17) is 4.74 Å². The van der Waals surface area contributed by atoms with Gasteiger partial charge >= 0.3 is 0 Å². The maximum absolute atomic E-state index is 12.5. The van der Waals surface area contributed by atoms with Gasteiger partial charge in [0.25, 0.3) is 0 Å².